The molecule has 0 aliphatic heterocycles. The van der Waals surface area contributed by atoms with Crippen LogP contribution in [0, 0.1) is 5.92 Å². The first-order chi connectivity index (χ1) is 8.31. The summed E-state index contributed by atoms with van der Waals surface area (Å²) in [6.07, 6.45) is 2.69. The molecular weight excluding hydrogens is 276 g/mol. The van der Waals surface area contributed by atoms with E-state index in [1.807, 2.05) is 0 Å². The minimum Gasteiger partial charge on any atom is -0.496 e. The first kappa shape index (κ1) is 11.1. The summed E-state index contributed by atoms with van der Waals surface area (Å²) in [5, 5.41) is 2.51. The Bertz CT molecular complexity index is 546. The molecule has 1 atom stereocenters. The fraction of sp³-hybridized carbons (Fsp3) is 0.333. The molecule has 0 spiro atoms. The average molecular weight is 291 g/mol. The summed E-state index contributed by atoms with van der Waals surface area (Å²) >= 11 is 3.84. The van der Waals surface area contributed by atoms with E-state index in [1.165, 1.54) is 29.2 Å². The lowest BCUT2D eigenvalue weighted by molar-refractivity contribution is 0.419. The normalized spacial score (nSPS) is 17.1. The van der Waals surface area contributed by atoms with Gasteiger partial charge in [0.2, 0.25) is 0 Å². The Labute approximate surface area is 110 Å². The van der Waals surface area contributed by atoms with Crippen molar-refractivity contribution in [1.29, 1.82) is 0 Å². The van der Waals surface area contributed by atoms with Crippen LogP contribution in [0.15, 0.2) is 36.4 Å². The number of halogens is 1. The Hall–Kier alpha value is -1.02. The molecule has 0 bridgehead atoms. The zero-order valence-corrected chi connectivity index (χ0v) is 11.4. The lowest BCUT2D eigenvalue weighted by Gasteiger charge is -2.14. The molecule has 1 nitrogen and oxygen atoms in total. The first-order valence-electron chi connectivity index (χ1n) is 6.01. The molecule has 0 aromatic heterocycles. The Kier molecular flexibility index (Phi) is 2.83. The molecular formula is C15H15BrO. The van der Waals surface area contributed by atoms with Gasteiger partial charge in [-0.3, -0.25) is 0 Å². The topological polar surface area (TPSA) is 9.23 Å². The van der Waals surface area contributed by atoms with Crippen molar-refractivity contribution in [2.45, 2.75) is 17.7 Å². The molecule has 0 saturated heterocycles. The summed E-state index contributed by atoms with van der Waals surface area (Å²) in [5.41, 5.74) is 1.39. The number of alkyl halides is 1. The first-order valence-corrected chi connectivity index (χ1v) is 6.92. The van der Waals surface area contributed by atoms with Gasteiger partial charge < -0.3 is 4.74 Å². The number of hydrogen-bond donors (Lipinski definition) is 0. The van der Waals surface area contributed by atoms with Gasteiger partial charge in [0.15, 0.2) is 0 Å². The Balaban J connectivity index is 2.18. The number of fused-ring (bicyclic) bond motifs is 1. The maximum atomic E-state index is 5.42. The van der Waals surface area contributed by atoms with Gasteiger partial charge in [0.1, 0.15) is 5.75 Å². The maximum Gasteiger partial charge on any atom is 0.126 e. The fourth-order valence-electron chi connectivity index (χ4n) is 2.36. The third-order valence-electron chi connectivity index (χ3n) is 3.47. The minimum atomic E-state index is 0.485. The molecule has 0 amide bonds. The highest BCUT2D eigenvalue weighted by molar-refractivity contribution is 9.09. The van der Waals surface area contributed by atoms with Crippen LogP contribution in [0.4, 0.5) is 0 Å². The number of rotatable bonds is 3. The molecule has 17 heavy (non-hydrogen) atoms. The molecule has 0 heterocycles. The van der Waals surface area contributed by atoms with Crippen molar-refractivity contribution in [3.05, 3.63) is 42.0 Å². The lowest BCUT2D eigenvalue weighted by atomic mass is 9.99. The second-order valence-electron chi connectivity index (χ2n) is 4.64. The van der Waals surface area contributed by atoms with Gasteiger partial charge in [-0.1, -0.05) is 46.3 Å². The van der Waals surface area contributed by atoms with Crippen molar-refractivity contribution >= 4 is 26.7 Å². The van der Waals surface area contributed by atoms with Crippen LogP contribution in [-0.4, -0.2) is 7.11 Å². The summed E-state index contributed by atoms with van der Waals surface area (Å²) in [5.74, 6) is 1.77. The maximum absolute atomic E-state index is 5.42. The zero-order chi connectivity index (χ0) is 11.8. The Morgan fingerprint density at radius 3 is 2.47 bits per heavy atom. The molecule has 3 rings (SSSR count). The second-order valence-corrected chi connectivity index (χ2v) is 5.63. The largest absolute Gasteiger partial charge is 0.496 e. The van der Waals surface area contributed by atoms with Gasteiger partial charge in [0.05, 0.1) is 7.11 Å². The van der Waals surface area contributed by atoms with Crippen molar-refractivity contribution in [3.63, 3.8) is 0 Å². The van der Waals surface area contributed by atoms with Gasteiger partial charge in [-0.25, -0.2) is 0 Å². The van der Waals surface area contributed by atoms with Crippen molar-refractivity contribution in [2.75, 3.05) is 7.11 Å². The Morgan fingerprint density at radius 1 is 1.12 bits per heavy atom. The van der Waals surface area contributed by atoms with E-state index >= 15 is 0 Å². The summed E-state index contributed by atoms with van der Waals surface area (Å²) in [6, 6.07) is 12.7. The van der Waals surface area contributed by atoms with Crippen LogP contribution in [0.3, 0.4) is 0 Å². The van der Waals surface area contributed by atoms with E-state index in [4.69, 9.17) is 4.74 Å². The van der Waals surface area contributed by atoms with Crippen LogP contribution in [0.5, 0.6) is 5.75 Å². The second kappa shape index (κ2) is 4.34. The van der Waals surface area contributed by atoms with Crippen LogP contribution in [-0.2, 0) is 0 Å². The molecule has 1 saturated carbocycles. The number of ether oxygens (including phenoxy) is 1. The van der Waals surface area contributed by atoms with E-state index in [-0.39, 0.29) is 0 Å². The standard InChI is InChI=1S/C15H15BrO/c1-17-14-9-8-13(15(16)10-6-7-10)11-4-2-3-5-12(11)14/h2-5,8-10,15H,6-7H2,1H3. The monoisotopic (exact) mass is 290 g/mol. The third kappa shape index (κ3) is 1.95. The number of methoxy groups -OCH3 is 1. The molecule has 1 unspecified atom stereocenters. The van der Waals surface area contributed by atoms with Crippen molar-refractivity contribution in [3.8, 4) is 5.75 Å². The van der Waals surface area contributed by atoms with Crippen LogP contribution in [0.2, 0.25) is 0 Å². The summed E-state index contributed by atoms with van der Waals surface area (Å²) in [7, 11) is 1.73. The SMILES string of the molecule is COc1ccc(C(Br)C2CC2)c2ccccc12. The zero-order valence-electron chi connectivity index (χ0n) is 9.82. The van der Waals surface area contributed by atoms with E-state index in [2.05, 4.69) is 52.3 Å². The number of benzene rings is 2. The molecule has 88 valence electrons. The predicted molar refractivity (Wildman–Crippen MR) is 74.9 cm³/mol. The quantitative estimate of drug-likeness (QED) is 0.745. The number of hydrogen-bond acceptors (Lipinski definition) is 1. The summed E-state index contributed by atoms with van der Waals surface area (Å²) < 4.78 is 5.42. The molecule has 2 aromatic carbocycles. The van der Waals surface area contributed by atoms with E-state index in [9.17, 15) is 0 Å². The Morgan fingerprint density at radius 2 is 1.82 bits per heavy atom. The highest BCUT2D eigenvalue weighted by Gasteiger charge is 2.31. The van der Waals surface area contributed by atoms with Crippen LogP contribution >= 0.6 is 15.9 Å². The van der Waals surface area contributed by atoms with E-state index in [0.29, 0.717) is 4.83 Å². The van der Waals surface area contributed by atoms with Gasteiger partial charge in [0.25, 0.3) is 0 Å². The predicted octanol–water partition coefficient (Wildman–Crippen LogP) is 4.69. The van der Waals surface area contributed by atoms with Crippen LogP contribution < -0.4 is 4.74 Å². The van der Waals surface area contributed by atoms with Crippen molar-refractivity contribution in [1.82, 2.24) is 0 Å². The molecule has 2 heteroatoms. The van der Waals surface area contributed by atoms with Gasteiger partial charge in [-0.05, 0) is 35.8 Å². The fourth-order valence-corrected chi connectivity index (χ4v) is 3.28. The molecule has 0 radical (unpaired) electrons. The lowest BCUT2D eigenvalue weighted by Crippen LogP contribution is -1.95. The van der Waals surface area contributed by atoms with Gasteiger partial charge in [-0.15, -0.1) is 0 Å². The molecule has 1 aliphatic carbocycles. The van der Waals surface area contributed by atoms with Gasteiger partial charge >= 0.3 is 0 Å². The molecule has 1 aliphatic rings. The van der Waals surface area contributed by atoms with Crippen LogP contribution in [0.25, 0.3) is 10.8 Å². The minimum absolute atomic E-state index is 0.485. The van der Waals surface area contributed by atoms with Crippen LogP contribution in [0.1, 0.15) is 23.2 Å². The van der Waals surface area contributed by atoms with Gasteiger partial charge in [0, 0.05) is 10.2 Å². The van der Waals surface area contributed by atoms with Gasteiger partial charge in [-0.2, -0.15) is 0 Å². The molecule has 0 N–H and O–H groups in total. The highest BCUT2D eigenvalue weighted by atomic mass is 79.9. The third-order valence-corrected chi connectivity index (χ3v) is 4.71. The average Bonchev–Trinajstić information content (AvgIpc) is 3.21. The van der Waals surface area contributed by atoms with E-state index < -0.39 is 0 Å². The molecule has 2 aromatic rings. The van der Waals surface area contributed by atoms with E-state index in [1.54, 1.807) is 7.11 Å². The van der Waals surface area contributed by atoms with E-state index in [0.717, 1.165) is 11.7 Å². The summed E-state index contributed by atoms with van der Waals surface area (Å²) in [4.78, 5) is 0.485. The van der Waals surface area contributed by atoms with Crippen molar-refractivity contribution < 1.29 is 4.74 Å². The highest BCUT2D eigenvalue weighted by Crippen LogP contribution is 2.48. The van der Waals surface area contributed by atoms with Crippen molar-refractivity contribution in [2.24, 2.45) is 5.92 Å². The molecule has 1 fully saturated rings. The smallest absolute Gasteiger partial charge is 0.126 e. The summed E-state index contributed by atoms with van der Waals surface area (Å²) in [6.45, 7) is 0.